The van der Waals surface area contributed by atoms with Gasteiger partial charge in [0.25, 0.3) is 0 Å². The third-order valence-electron chi connectivity index (χ3n) is 3.60. The molecule has 0 amide bonds. The maximum atomic E-state index is 10.1. The van der Waals surface area contributed by atoms with E-state index < -0.39 is 0 Å². The van der Waals surface area contributed by atoms with Crippen molar-refractivity contribution in [2.75, 3.05) is 0 Å². The Morgan fingerprint density at radius 2 is 1.45 bits per heavy atom. The smallest absolute Gasteiger partial charge is 0.0790 e. The van der Waals surface area contributed by atoms with Crippen LogP contribution in [0.4, 0.5) is 0 Å². The van der Waals surface area contributed by atoms with Gasteiger partial charge in [-0.3, -0.25) is 0 Å². The highest BCUT2D eigenvalue weighted by Crippen LogP contribution is 2.24. The van der Waals surface area contributed by atoms with Crippen molar-refractivity contribution in [1.82, 2.24) is 0 Å². The second-order valence-electron chi connectivity index (χ2n) is 5.14. The molecule has 2 aromatic rings. The standard InChI is InChI=1S/C18H22O2/c1-2-3-4-18(20)17-11-9-16(10-12-17)15-7-5-14(13-19)6-8-15/h5-12,18-20H,2-4,13H2,1H3. The van der Waals surface area contributed by atoms with E-state index in [2.05, 4.69) is 6.92 Å². The zero-order valence-electron chi connectivity index (χ0n) is 11.9. The molecule has 20 heavy (non-hydrogen) atoms. The Hall–Kier alpha value is -1.64. The number of hydrogen-bond acceptors (Lipinski definition) is 2. The zero-order chi connectivity index (χ0) is 14.4. The number of hydrogen-bond donors (Lipinski definition) is 2. The van der Waals surface area contributed by atoms with Crippen molar-refractivity contribution in [3.63, 3.8) is 0 Å². The highest BCUT2D eigenvalue weighted by Gasteiger charge is 2.07. The van der Waals surface area contributed by atoms with Gasteiger partial charge in [0.15, 0.2) is 0 Å². The first-order chi connectivity index (χ1) is 9.74. The maximum Gasteiger partial charge on any atom is 0.0790 e. The molecule has 2 nitrogen and oxygen atoms in total. The van der Waals surface area contributed by atoms with E-state index in [1.165, 1.54) is 0 Å². The lowest BCUT2D eigenvalue weighted by atomic mass is 9.99. The molecule has 2 rings (SSSR count). The van der Waals surface area contributed by atoms with Crippen molar-refractivity contribution in [3.05, 3.63) is 59.7 Å². The van der Waals surface area contributed by atoms with E-state index in [0.29, 0.717) is 0 Å². The van der Waals surface area contributed by atoms with Crippen LogP contribution in [0.25, 0.3) is 11.1 Å². The van der Waals surface area contributed by atoms with Crippen LogP contribution < -0.4 is 0 Å². The summed E-state index contributed by atoms with van der Waals surface area (Å²) in [5.41, 5.74) is 4.15. The van der Waals surface area contributed by atoms with Gasteiger partial charge < -0.3 is 10.2 Å². The van der Waals surface area contributed by atoms with Crippen LogP contribution in [-0.2, 0) is 6.61 Å². The summed E-state index contributed by atoms with van der Waals surface area (Å²) in [7, 11) is 0. The van der Waals surface area contributed by atoms with E-state index in [9.17, 15) is 5.11 Å². The molecule has 0 aromatic heterocycles. The Bertz CT molecular complexity index is 514. The molecular formula is C18H22O2. The van der Waals surface area contributed by atoms with E-state index in [1.54, 1.807) is 0 Å². The number of rotatable bonds is 6. The fraction of sp³-hybridized carbons (Fsp3) is 0.333. The summed E-state index contributed by atoms with van der Waals surface area (Å²) in [5.74, 6) is 0. The lowest BCUT2D eigenvalue weighted by Gasteiger charge is -2.11. The van der Waals surface area contributed by atoms with Crippen LogP contribution >= 0.6 is 0 Å². The topological polar surface area (TPSA) is 40.5 Å². The minimum Gasteiger partial charge on any atom is -0.392 e. The highest BCUT2D eigenvalue weighted by atomic mass is 16.3. The van der Waals surface area contributed by atoms with E-state index in [0.717, 1.165) is 41.5 Å². The number of aliphatic hydroxyl groups is 2. The van der Waals surface area contributed by atoms with Crippen molar-refractivity contribution >= 4 is 0 Å². The predicted molar refractivity (Wildman–Crippen MR) is 82.3 cm³/mol. The lowest BCUT2D eigenvalue weighted by Crippen LogP contribution is -1.96. The van der Waals surface area contributed by atoms with Crippen molar-refractivity contribution in [1.29, 1.82) is 0 Å². The SMILES string of the molecule is CCCCC(O)c1ccc(-c2ccc(CO)cc2)cc1. The normalized spacial score (nSPS) is 12.3. The fourth-order valence-corrected chi connectivity index (χ4v) is 2.26. The summed E-state index contributed by atoms with van der Waals surface area (Å²) in [6.45, 7) is 2.20. The quantitative estimate of drug-likeness (QED) is 0.830. The summed E-state index contributed by atoms with van der Waals surface area (Å²) in [6.07, 6.45) is 2.61. The lowest BCUT2D eigenvalue weighted by molar-refractivity contribution is 0.164. The van der Waals surface area contributed by atoms with Gasteiger partial charge in [-0.1, -0.05) is 68.3 Å². The molecule has 0 saturated heterocycles. The number of benzene rings is 2. The summed E-state index contributed by atoms with van der Waals surface area (Å²) < 4.78 is 0. The van der Waals surface area contributed by atoms with Gasteiger partial charge in [-0.2, -0.15) is 0 Å². The molecule has 0 aliphatic heterocycles. The third-order valence-corrected chi connectivity index (χ3v) is 3.60. The molecule has 106 valence electrons. The first kappa shape index (κ1) is 14.8. The molecule has 0 fully saturated rings. The van der Waals surface area contributed by atoms with Gasteiger partial charge in [0.2, 0.25) is 0 Å². The molecule has 0 aliphatic carbocycles. The second kappa shape index (κ2) is 7.22. The Morgan fingerprint density at radius 3 is 1.95 bits per heavy atom. The summed E-state index contributed by atoms with van der Waals surface area (Å²) in [6, 6.07) is 15.9. The molecule has 0 radical (unpaired) electrons. The second-order valence-corrected chi connectivity index (χ2v) is 5.14. The summed E-state index contributed by atoms with van der Waals surface area (Å²) in [5, 5.41) is 19.1. The van der Waals surface area contributed by atoms with Crippen LogP contribution in [0.3, 0.4) is 0 Å². The third kappa shape index (κ3) is 3.69. The van der Waals surface area contributed by atoms with Gasteiger partial charge in [0.1, 0.15) is 0 Å². The minimum absolute atomic E-state index is 0.0723. The molecular weight excluding hydrogens is 248 g/mol. The summed E-state index contributed by atoms with van der Waals surface area (Å²) >= 11 is 0. The van der Waals surface area contributed by atoms with Gasteiger partial charge in [-0.25, -0.2) is 0 Å². The first-order valence-electron chi connectivity index (χ1n) is 7.22. The van der Waals surface area contributed by atoms with Crippen LogP contribution in [0.15, 0.2) is 48.5 Å². The molecule has 2 aromatic carbocycles. The summed E-state index contributed by atoms with van der Waals surface area (Å²) in [4.78, 5) is 0. The first-order valence-corrected chi connectivity index (χ1v) is 7.22. The average Bonchev–Trinajstić information content (AvgIpc) is 2.53. The number of aliphatic hydroxyl groups excluding tert-OH is 2. The molecule has 0 heterocycles. The van der Waals surface area contributed by atoms with Crippen LogP contribution in [0.2, 0.25) is 0 Å². The van der Waals surface area contributed by atoms with Gasteiger partial charge in [0.05, 0.1) is 12.7 Å². The molecule has 0 spiro atoms. The maximum absolute atomic E-state index is 10.1. The van der Waals surface area contributed by atoms with E-state index in [1.807, 2.05) is 48.5 Å². The van der Waals surface area contributed by atoms with Crippen LogP contribution in [0.1, 0.15) is 43.4 Å². The zero-order valence-corrected chi connectivity index (χ0v) is 11.9. The highest BCUT2D eigenvalue weighted by molar-refractivity contribution is 5.64. The van der Waals surface area contributed by atoms with Gasteiger partial charge in [-0.05, 0) is 28.7 Å². The van der Waals surface area contributed by atoms with Gasteiger partial charge in [0, 0.05) is 0 Å². The van der Waals surface area contributed by atoms with Crippen molar-refractivity contribution in [2.45, 2.75) is 38.9 Å². The largest absolute Gasteiger partial charge is 0.392 e. The van der Waals surface area contributed by atoms with Crippen molar-refractivity contribution in [3.8, 4) is 11.1 Å². The van der Waals surface area contributed by atoms with Crippen LogP contribution in [0, 0.1) is 0 Å². The molecule has 2 N–H and O–H groups in total. The predicted octanol–water partition coefficient (Wildman–Crippen LogP) is 4.07. The van der Waals surface area contributed by atoms with Crippen LogP contribution in [0.5, 0.6) is 0 Å². The van der Waals surface area contributed by atoms with Crippen molar-refractivity contribution < 1.29 is 10.2 Å². The fourth-order valence-electron chi connectivity index (χ4n) is 2.26. The monoisotopic (exact) mass is 270 g/mol. The van der Waals surface area contributed by atoms with Crippen molar-refractivity contribution in [2.24, 2.45) is 0 Å². The van der Waals surface area contributed by atoms with Crippen LogP contribution in [-0.4, -0.2) is 10.2 Å². The van der Waals surface area contributed by atoms with E-state index >= 15 is 0 Å². The number of unbranched alkanes of at least 4 members (excludes halogenated alkanes) is 1. The molecule has 1 unspecified atom stereocenters. The molecule has 1 atom stereocenters. The average molecular weight is 270 g/mol. The van der Waals surface area contributed by atoms with Gasteiger partial charge >= 0.3 is 0 Å². The van der Waals surface area contributed by atoms with E-state index in [4.69, 9.17) is 5.11 Å². The molecule has 0 aliphatic rings. The Balaban J connectivity index is 2.10. The Kier molecular flexibility index (Phi) is 5.33. The van der Waals surface area contributed by atoms with Gasteiger partial charge in [-0.15, -0.1) is 0 Å². The Morgan fingerprint density at radius 1 is 0.900 bits per heavy atom. The Labute approximate surface area is 120 Å². The molecule has 0 bridgehead atoms. The minimum atomic E-state index is -0.360. The molecule has 2 heteroatoms. The molecule has 0 saturated carbocycles. The van der Waals surface area contributed by atoms with E-state index in [-0.39, 0.29) is 12.7 Å².